The summed E-state index contributed by atoms with van der Waals surface area (Å²) in [5, 5.41) is 15.4. The number of halogens is 1. The van der Waals surface area contributed by atoms with Gasteiger partial charge in [-0.05, 0) is 41.1 Å². The van der Waals surface area contributed by atoms with Crippen molar-refractivity contribution >= 4 is 65.8 Å². The number of nitrogens with zero attached hydrogens (tertiary/aromatic N) is 4. The predicted octanol–water partition coefficient (Wildman–Crippen LogP) is 4.50. The monoisotopic (exact) mass is 461 g/mol. The molecule has 0 bridgehead atoms. The van der Waals surface area contributed by atoms with Gasteiger partial charge in [-0.1, -0.05) is 28.9 Å². The summed E-state index contributed by atoms with van der Waals surface area (Å²) in [5.74, 6) is 0.598. The van der Waals surface area contributed by atoms with Gasteiger partial charge >= 0.3 is 0 Å². The molecule has 0 saturated heterocycles. The molecule has 4 aromatic heterocycles. The summed E-state index contributed by atoms with van der Waals surface area (Å²) in [6.45, 7) is 0.589. The van der Waals surface area contributed by atoms with E-state index in [0.717, 1.165) is 15.1 Å². The average Bonchev–Trinajstić information content (AvgIpc) is 3.45. The number of rotatable bonds is 5. The van der Waals surface area contributed by atoms with Crippen LogP contribution in [0.3, 0.4) is 0 Å². The molecule has 5 aromatic rings. The maximum Gasteiger partial charge on any atom is 0.229 e. The van der Waals surface area contributed by atoms with Gasteiger partial charge in [-0.3, -0.25) is 0 Å². The van der Waals surface area contributed by atoms with Gasteiger partial charge in [0.25, 0.3) is 0 Å². The first-order valence-electron chi connectivity index (χ1n) is 8.43. The molecule has 0 aliphatic rings. The molecule has 7 nitrogen and oxygen atoms in total. The summed E-state index contributed by atoms with van der Waals surface area (Å²) >= 11 is 9.12. The van der Waals surface area contributed by atoms with E-state index in [9.17, 15) is 8.42 Å². The van der Waals surface area contributed by atoms with Crippen molar-refractivity contribution in [3.8, 4) is 0 Å². The number of sulfone groups is 1. The number of thiophene rings is 2. The van der Waals surface area contributed by atoms with Gasteiger partial charge in [-0.2, -0.15) is 4.52 Å². The number of aromatic nitrogens is 4. The van der Waals surface area contributed by atoms with E-state index in [2.05, 4.69) is 20.6 Å². The Morgan fingerprint density at radius 1 is 1.10 bits per heavy atom. The molecule has 0 unspecified atom stereocenters. The second-order valence-corrected chi connectivity index (χ2v) is 10.4. The molecule has 1 N–H and O–H groups in total. The third-order valence-corrected chi connectivity index (χ3v) is 7.96. The first-order valence-corrected chi connectivity index (χ1v) is 12.1. The number of benzene rings is 1. The summed E-state index contributed by atoms with van der Waals surface area (Å²) in [6.07, 6.45) is 0. The van der Waals surface area contributed by atoms with E-state index in [1.165, 1.54) is 28.0 Å². The molecule has 4 heterocycles. The summed E-state index contributed by atoms with van der Waals surface area (Å²) in [4.78, 5) is 5.78. The second-order valence-electron chi connectivity index (χ2n) is 6.12. The lowest BCUT2D eigenvalue weighted by Crippen LogP contribution is -2.06. The fourth-order valence-corrected chi connectivity index (χ4v) is 5.96. The van der Waals surface area contributed by atoms with Crippen LogP contribution in [-0.2, 0) is 16.4 Å². The van der Waals surface area contributed by atoms with Crippen LogP contribution in [0.5, 0.6) is 0 Å². The molecule has 0 amide bonds. The van der Waals surface area contributed by atoms with Crippen molar-refractivity contribution in [3.05, 3.63) is 63.1 Å². The van der Waals surface area contributed by atoms with Crippen LogP contribution >= 0.6 is 34.3 Å². The van der Waals surface area contributed by atoms with E-state index >= 15 is 0 Å². The van der Waals surface area contributed by atoms with E-state index in [0.29, 0.717) is 17.4 Å². The Morgan fingerprint density at radius 2 is 2.00 bits per heavy atom. The topological polar surface area (TPSA) is 89.2 Å². The van der Waals surface area contributed by atoms with Gasteiger partial charge in [-0.25, -0.2) is 13.4 Å². The SMILES string of the molecule is O=S(=O)(c1cccc(Cl)c1)c1nnn2c1nc(NCc1cccs1)c1sccc12. The van der Waals surface area contributed by atoms with E-state index in [1.54, 1.807) is 23.5 Å². The van der Waals surface area contributed by atoms with Gasteiger partial charge in [0, 0.05) is 9.90 Å². The normalized spacial score (nSPS) is 12.0. The number of nitrogens with one attached hydrogen (secondary N) is 1. The Hall–Kier alpha value is -2.53. The van der Waals surface area contributed by atoms with Crippen molar-refractivity contribution in [1.29, 1.82) is 0 Å². The predicted molar refractivity (Wildman–Crippen MR) is 115 cm³/mol. The number of anilines is 1. The molecule has 0 fully saturated rings. The van der Waals surface area contributed by atoms with Crippen LogP contribution in [0.15, 0.2) is 63.1 Å². The molecule has 11 heteroatoms. The molecule has 0 atom stereocenters. The van der Waals surface area contributed by atoms with Crippen LogP contribution in [0.25, 0.3) is 15.9 Å². The van der Waals surface area contributed by atoms with Crippen LogP contribution in [0.1, 0.15) is 4.88 Å². The molecule has 0 aliphatic carbocycles. The number of hydrogen-bond donors (Lipinski definition) is 1. The van der Waals surface area contributed by atoms with Gasteiger partial charge < -0.3 is 5.32 Å². The molecular weight excluding hydrogens is 450 g/mol. The van der Waals surface area contributed by atoms with Gasteiger partial charge in [0.15, 0.2) is 5.65 Å². The van der Waals surface area contributed by atoms with Gasteiger partial charge in [0.1, 0.15) is 5.82 Å². The summed E-state index contributed by atoms with van der Waals surface area (Å²) in [6, 6.07) is 11.9. The Morgan fingerprint density at radius 3 is 2.79 bits per heavy atom. The zero-order valence-electron chi connectivity index (χ0n) is 14.6. The molecule has 0 saturated carbocycles. The Balaban J connectivity index is 1.67. The average molecular weight is 462 g/mol. The molecule has 1 aromatic carbocycles. The smallest absolute Gasteiger partial charge is 0.229 e. The summed E-state index contributed by atoms with van der Waals surface area (Å²) in [5.41, 5.74) is 0.915. The molecule has 0 aliphatic heterocycles. The fourth-order valence-electron chi connectivity index (χ4n) is 2.95. The van der Waals surface area contributed by atoms with E-state index in [-0.39, 0.29) is 15.6 Å². The lowest BCUT2D eigenvalue weighted by Gasteiger charge is -2.07. The lowest BCUT2D eigenvalue weighted by molar-refractivity contribution is 0.592. The quantitative estimate of drug-likeness (QED) is 0.414. The zero-order chi connectivity index (χ0) is 20.0. The number of hydrogen-bond acceptors (Lipinski definition) is 8. The highest BCUT2D eigenvalue weighted by Gasteiger charge is 2.27. The minimum absolute atomic E-state index is 0.0488. The van der Waals surface area contributed by atoms with Crippen molar-refractivity contribution in [3.63, 3.8) is 0 Å². The number of fused-ring (bicyclic) bond motifs is 3. The minimum atomic E-state index is -3.94. The first kappa shape index (κ1) is 18.5. The first-order chi connectivity index (χ1) is 14.0. The van der Waals surface area contributed by atoms with Crippen molar-refractivity contribution in [2.75, 3.05) is 5.32 Å². The van der Waals surface area contributed by atoms with Crippen LogP contribution in [0, 0.1) is 0 Å². The second kappa shape index (κ2) is 7.06. The molecular formula is C18H12ClN5O2S3. The van der Waals surface area contributed by atoms with Crippen LogP contribution in [0.2, 0.25) is 5.02 Å². The third-order valence-electron chi connectivity index (χ3n) is 4.29. The highest BCUT2D eigenvalue weighted by atomic mass is 35.5. The Bertz CT molecular complexity index is 1440. The van der Waals surface area contributed by atoms with Gasteiger partial charge in [-0.15, -0.1) is 27.8 Å². The van der Waals surface area contributed by atoms with Crippen molar-refractivity contribution in [1.82, 2.24) is 19.8 Å². The molecule has 29 heavy (non-hydrogen) atoms. The summed E-state index contributed by atoms with van der Waals surface area (Å²) < 4.78 is 28.7. The minimum Gasteiger partial charge on any atom is -0.364 e. The van der Waals surface area contributed by atoms with Crippen LogP contribution in [-0.4, -0.2) is 28.2 Å². The van der Waals surface area contributed by atoms with Crippen LogP contribution in [0.4, 0.5) is 5.82 Å². The third kappa shape index (κ3) is 3.18. The lowest BCUT2D eigenvalue weighted by atomic mass is 10.4. The highest BCUT2D eigenvalue weighted by Crippen LogP contribution is 2.32. The standard InChI is InChI=1S/C18H12ClN5O2S3/c19-11-3-1-5-13(9-11)29(25,26)18-17-21-16(20-10-12-4-2-7-27-12)15-14(6-8-28-15)24(17)23-22-18/h1-9H,10H2,(H,20,21). The molecule has 146 valence electrons. The summed E-state index contributed by atoms with van der Waals surface area (Å²) in [7, 11) is -3.94. The Labute approximate surface area is 178 Å². The van der Waals surface area contributed by atoms with Gasteiger partial charge in [0.2, 0.25) is 14.9 Å². The van der Waals surface area contributed by atoms with E-state index in [4.69, 9.17) is 11.6 Å². The van der Waals surface area contributed by atoms with Crippen molar-refractivity contribution < 1.29 is 8.42 Å². The Kier molecular flexibility index (Phi) is 4.50. The zero-order valence-corrected chi connectivity index (χ0v) is 17.8. The van der Waals surface area contributed by atoms with Crippen LogP contribution < -0.4 is 5.32 Å². The van der Waals surface area contributed by atoms with Crippen molar-refractivity contribution in [2.45, 2.75) is 16.5 Å². The molecule has 0 spiro atoms. The van der Waals surface area contributed by atoms with Gasteiger partial charge in [0.05, 0.1) is 21.7 Å². The fraction of sp³-hybridized carbons (Fsp3) is 0.0556. The molecule has 5 rings (SSSR count). The largest absolute Gasteiger partial charge is 0.364 e. The maximum absolute atomic E-state index is 13.2. The van der Waals surface area contributed by atoms with Crippen molar-refractivity contribution in [2.24, 2.45) is 0 Å². The maximum atomic E-state index is 13.2. The molecule has 0 radical (unpaired) electrons. The van der Waals surface area contributed by atoms with E-state index < -0.39 is 9.84 Å². The highest BCUT2D eigenvalue weighted by molar-refractivity contribution is 7.91. The van der Waals surface area contributed by atoms with E-state index in [1.807, 2.05) is 29.0 Å².